The standard InChI is InChI=1S/C17H32N2O/c1-2-19(14-16-10-6-7-13-18-16)17(20)12-11-15-8-4-3-5-9-15/h15-16,18H,2-14H2,1H3. The molecule has 116 valence electrons. The maximum absolute atomic E-state index is 12.4. The summed E-state index contributed by atoms with van der Waals surface area (Å²) in [4.78, 5) is 14.5. The number of rotatable bonds is 6. The number of carbonyl (C=O) groups is 1. The Bertz CT molecular complexity index is 281. The van der Waals surface area contributed by atoms with E-state index in [9.17, 15) is 4.79 Å². The van der Waals surface area contributed by atoms with Crippen LogP contribution in [-0.2, 0) is 4.79 Å². The van der Waals surface area contributed by atoms with Crippen molar-refractivity contribution >= 4 is 5.91 Å². The third-order valence-electron chi connectivity index (χ3n) is 5.08. The molecular formula is C17H32N2O. The monoisotopic (exact) mass is 280 g/mol. The molecule has 1 amide bonds. The van der Waals surface area contributed by atoms with Crippen LogP contribution in [0, 0.1) is 5.92 Å². The van der Waals surface area contributed by atoms with E-state index in [4.69, 9.17) is 0 Å². The molecule has 0 aromatic carbocycles. The summed E-state index contributed by atoms with van der Waals surface area (Å²) in [6.07, 6.45) is 12.6. The molecule has 1 unspecified atom stereocenters. The topological polar surface area (TPSA) is 32.3 Å². The Balaban J connectivity index is 1.70. The van der Waals surface area contributed by atoms with Gasteiger partial charge in [0.25, 0.3) is 0 Å². The van der Waals surface area contributed by atoms with E-state index in [2.05, 4.69) is 17.1 Å². The van der Waals surface area contributed by atoms with Gasteiger partial charge in [-0.3, -0.25) is 4.79 Å². The van der Waals surface area contributed by atoms with Crippen molar-refractivity contribution < 1.29 is 4.79 Å². The number of nitrogens with one attached hydrogen (secondary N) is 1. The zero-order chi connectivity index (χ0) is 14.2. The Morgan fingerprint density at radius 2 is 1.85 bits per heavy atom. The van der Waals surface area contributed by atoms with Crippen LogP contribution in [0.5, 0.6) is 0 Å². The summed E-state index contributed by atoms with van der Waals surface area (Å²) < 4.78 is 0. The molecule has 0 spiro atoms. The molecule has 3 nitrogen and oxygen atoms in total. The minimum Gasteiger partial charge on any atom is -0.341 e. The van der Waals surface area contributed by atoms with Crippen LogP contribution >= 0.6 is 0 Å². The average molecular weight is 280 g/mol. The molecule has 1 N–H and O–H groups in total. The lowest BCUT2D eigenvalue weighted by molar-refractivity contribution is -0.131. The van der Waals surface area contributed by atoms with Crippen molar-refractivity contribution in [2.24, 2.45) is 5.92 Å². The summed E-state index contributed by atoms with van der Waals surface area (Å²) >= 11 is 0. The third kappa shape index (κ3) is 5.08. The van der Waals surface area contributed by atoms with E-state index in [1.54, 1.807) is 0 Å². The summed E-state index contributed by atoms with van der Waals surface area (Å²) in [5.74, 6) is 1.20. The number of nitrogens with zero attached hydrogens (tertiary/aromatic N) is 1. The maximum atomic E-state index is 12.4. The van der Waals surface area contributed by atoms with Crippen molar-refractivity contribution in [2.75, 3.05) is 19.6 Å². The summed E-state index contributed by atoms with van der Waals surface area (Å²) in [6, 6.07) is 0.530. The highest BCUT2D eigenvalue weighted by molar-refractivity contribution is 5.76. The number of hydrogen-bond acceptors (Lipinski definition) is 2. The molecule has 0 aromatic heterocycles. The summed E-state index contributed by atoms with van der Waals surface area (Å²) in [5, 5.41) is 3.55. The quantitative estimate of drug-likeness (QED) is 0.809. The van der Waals surface area contributed by atoms with Crippen molar-refractivity contribution in [2.45, 2.75) is 77.2 Å². The molecule has 3 heteroatoms. The molecule has 0 bridgehead atoms. The van der Waals surface area contributed by atoms with Crippen LogP contribution in [0.4, 0.5) is 0 Å². The van der Waals surface area contributed by atoms with Gasteiger partial charge in [0.05, 0.1) is 0 Å². The summed E-state index contributed by atoms with van der Waals surface area (Å²) in [5.41, 5.74) is 0. The van der Waals surface area contributed by atoms with Crippen molar-refractivity contribution in [1.29, 1.82) is 0 Å². The second-order valence-corrected chi connectivity index (χ2v) is 6.62. The maximum Gasteiger partial charge on any atom is 0.222 e. The average Bonchev–Trinajstić information content (AvgIpc) is 2.52. The van der Waals surface area contributed by atoms with Gasteiger partial charge in [0.15, 0.2) is 0 Å². The van der Waals surface area contributed by atoms with E-state index in [1.165, 1.54) is 51.4 Å². The lowest BCUT2D eigenvalue weighted by atomic mass is 9.86. The third-order valence-corrected chi connectivity index (χ3v) is 5.08. The van der Waals surface area contributed by atoms with Gasteiger partial charge in [-0.2, -0.15) is 0 Å². The molecule has 1 aliphatic carbocycles. The number of amides is 1. The van der Waals surface area contributed by atoms with Gasteiger partial charge in [-0.1, -0.05) is 38.5 Å². The second kappa shape index (κ2) is 8.66. The SMILES string of the molecule is CCN(CC1CCCCN1)C(=O)CCC1CCCCC1. The Labute approximate surface area is 124 Å². The minimum atomic E-state index is 0.380. The Hall–Kier alpha value is -0.570. The largest absolute Gasteiger partial charge is 0.341 e. The first-order chi connectivity index (χ1) is 9.79. The molecular weight excluding hydrogens is 248 g/mol. The van der Waals surface area contributed by atoms with Crippen LogP contribution in [0.1, 0.15) is 71.1 Å². The molecule has 20 heavy (non-hydrogen) atoms. The minimum absolute atomic E-state index is 0.380. The van der Waals surface area contributed by atoms with Gasteiger partial charge < -0.3 is 10.2 Å². The second-order valence-electron chi connectivity index (χ2n) is 6.62. The van der Waals surface area contributed by atoms with E-state index in [0.29, 0.717) is 11.9 Å². The fraction of sp³-hybridized carbons (Fsp3) is 0.941. The van der Waals surface area contributed by atoms with Crippen molar-refractivity contribution in [3.8, 4) is 0 Å². The first-order valence-electron chi connectivity index (χ1n) is 8.80. The first-order valence-corrected chi connectivity index (χ1v) is 8.80. The number of likely N-dealkylation sites (N-methyl/N-ethyl adjacent to an activating group) is 1. The summed E-state index contributed by atoms with van der Waals surface area (Å²) in [6.45, 7) is 5.02. The van der Waals surface area contributed by atoms with Crippen molar-refractivity contribution in [3.63, 3.8) is 0 Å². The fourth-order valence-corrected chi connectivity index (χ4v) is 3.71. The summed E-state index contributed by atoms with van der Waals surface area (Å²) in [7, 11) is 0. The first kappa shape index (κ1) is 15.8. The van der Waals surface area contributed by atoms with Gasteiger partial charge >= 0.3 is 0 Å². The highest BCUT2D eigenvalue weighted by Gasteiger charge is 2.21. The van der Waals surface area contributed by atoms with E-state index >= 15 is 0 Å². The Kier molecular flexibility index (Phi) is 6.85. The number of hydrogen-bond donors (Lipinski definition) is 1. The number of carbonyl (C=O) groups excluding carboxylic acids is 1. The van der Waals surface area contributed by atoms with E-state index in [1.807, 2.05) is 0 Å². The van der Waals surface area contributed by atoms with Gasteiger partial charge in [0, 0.05) is 25.6 Å². The molecule has 2 fully saturated rings. The zero-order valence-corrected chi connectivity index (χ0v) is 13.2. The normalized spacial score (nSPS) is 24.6. The number of piperidine rings is 1. The molecule has 0 radical (unpaired) electrons. The molecule has 2 aliphatic rings. The Morgan fingerprint density at radius 3 is 2.50 bits per heavy atom. The lowest BCUT2D eigenvalue weighted by Crippen LogP contribution is -2.45. The van der Waals surface area contributed by atoms with Crippen LogP contribution in [0.3, 0.4) is 0 Å². The van der Waals surface area contributed by atoms with Gasteiger partial charge in [-0.15, -0.1) is 0 Å². The predicted octanol–water partition coefficient (Wildman–Crippen LogP) is 3.34. The molecule has 1 atom stereocenters. The highest BCUT2D eigenvalue weighted by atomic mass is 16.2. The van der Waals surface area contributed by atoms with Crippen molar-refractivity contribution in [1.82, 2.24) is 10.2 Å². The highest BCUT2D eigenvalue weighted by Crippen LogP contribution is 2.27. The van der Waals surface area contributed by atoms with Crippen LogP contribution in [-0.4, -0.2) is 36.5 Å². The van der Waals surface area contributed by atoms with Crippen LogP contribution in [0.2, 0.25) is 0 Å². The van der Waals surface area contributed by atoms with Crippen LogP contribution in [0.25, 0.3) is 0 Å². The molecule has 1 saturated carbocycles. The molecule has 2 rings (SSSR count). The predicted molar refractivity (Wildman–Crippen MR) is 83.7 cm³/mol. The molecule has 1 saturated heterocycles. The lowest BCUT2D eigenvalue weighted by Gasteiger charge is -2.30. The van der Waals surface area contributed by atoms with Gasteiger partial charge in [-0.05, 0) is 38.6 Å². The van der Waals surface area contributed by atoms with Gasteiger partial charge in [0.2, 0.25) is 5.91 Å². The van der Waals surface area contributed by atoms with Gasteiger partial charge in [0.1, 0.15) is 0 Å². The van der Waals surface area contributed by atoms with E-state index in [-0.39, 0.29) is 0 Å². The Morgan fingerprint density at radius 1 is 1.10 bits per heavy atom. The smallest absolute Gasteiger partial charge is 0.222 e. The zero-order valence-electron chi connectivity index (χ0n) is 13.2. The molecule has 1 aliphatic heterocycles. The fourth-order valence-electron chi connectivity index (χ4n) is 3.71. The van der Waals surface area contributed by atoms with Crippen molar-refractivity contribution in [3.05, 3.63) is 0 Å². The molecule has 1 heterocycles. The van der Waals surface area contributed by atoms with Gasteiger partial charge in [-0.25, -0.2) is 0 Å². The van der Waals surface area contributed by atoms with E-state index < -0.39 is 0 Å². The molecule has 0 aromatic rings. The van der Waals surface area contributed by atoms with Crippen LogP contribution in [0.15, 0.2) is 0 Å². The van der Waals surface area contributed by atoms with Crippen LogP contribution < -0.4 is 5.32 Å². The van der Waals surface area contributed by atoms with E-state index in [0.717, 1.165) is 38.4 Å².